The number of hydrogen-bond donors (Lipinski definition) is 8. The van der Waals surface area contributed by atoms with E-state index in [2.05, 4.69) is 52.2 Å². The smallest absolute Gasteiger partial charge is 0.314 e. The zero-order chi connectivity index (χ0) is 40.1. The van der Waals surface area contributed by atoms with Crippen LogP contribution in [0.5, 0.6) is 0 Å². The van der Waals surface area contributed by atoms with Crippen molar-refractivity contribution in [2.24, 2.45) is 92.7 Å². The summed E-state index contributed by atoms with van der Waals surface area (Å²) in [5, 5.41) is 74.3. The molecule has 0 unspecified atom stereocenters. The van der Waals surface area contributed by atoms with Crippen LogP contribution in [0.25, 0.3) is 0 Å². The van der Waals surface area contributed by atoms with Crippen molar-refractivity contribution < 1.29 is 35.4 Å². The lowest BCUT2D eigenvalue weighted by Crippen LogP contribution is -2.62. The summed E-state index contributed by atoms with van der Waals surface area (Å²) in [6.45, 7) is 15.1. The van der Waals surface area contributed by atoms with E-state index in [1.807, 2.05) is 0 Å². The molecule has 56 heavy (non-hydrogen) atoms. The normalized spacial score (nSPS) is 54.6. The number of aliphatic hydroxyl groups excluding tert-OH is 6. The van der Waals surface area contributed by atoms with Crippen LogP contribution in [0.2, 0.25) is 0 Å². The molecule has 0 spiro atoms. The molecule has 8 rings (SSSR count). The molecule has 320 valence electrons. The van der Waals surface area contributed by atoms with Gasteiger partial charge in [0.2, 0.25) is 0 Å². The van der Waals surface area contributed by atoms with Crippen molar-refractivity contribution in [2.45, 2.75) is 181 Å². The minimum absolute atomic E-state index is 0.0745. The van der Waals surface area contributed by atoms with Gasteiger partial charge < -0.3 is 41.3 Å². The van der Waals surface area contributed by atoms with Crippen LogP contribution >= 0.6 is 0 Å². The van der Waals surface area contributed by atoms with Gasteiger partial charge in [-0.25, -0.2) is 4.79 Å². The van der Waals surface area contributed by atoms with Crippen LogP contribution in [0.15, 0.2) is 0 Å². The van der Waals surface area contributed by atoms with Gasteiger partial charge in [-0.1, -0.05) is 41.5 Å². The zero-order valence-corrected chi connectivity index (χ0v) is 35.7. The van der Waals surface area contributed by atoms with Crippen molar-refractivity contribution in [1.82, 2.24) is 10.6 Å². The lowest BCUT2D eigenvalue weighted by Gasteiger charge is -2.63. The summed E-state index contributed by atoms with van der Waals surface area (Å²) < 4.78 is 0. The number of carbonyl (C=O) groups excluding carboxylic acids is 1. The number of carbonyl (C=O) groups is 1. The Morgan fingerprint density at radius 2 is 0.946 bits per heavy atom. The summed E-state index contributed by atoms with van der Waals surface area (Å²) in [5.74, 6) is 3.62. The van der Waals surface area contributed by atoms with Gasteiger partial charge in [0, 0.05) is 13.1 Å². The minimum atomic E-state index is -0.402. The lowest BCUT2D eigenvalue weighted by atomic mass is 9.43. The fourth-order valence-corrected chi connectivity index (χ4v) is 17.6. The van der Waals surface area contributed by atoms with E-state index < -0.39 is 12.2 Å². The minimum Gasteiger partial charge on any atom is -0.393 e. The molecule has 0 aromatic carbocycles. The molecule has 8 aliphatic carbocycles. The fraction of sp³-hybridized carbons (Fsp3) is 0.979. The van der Waals surface area contributed by atoms with Crippen LogP contribution in [0, 0.1) is 92.7 Å². The Labute approximate surface area is 338 Å². The van der Waals surface area contributed by atoms with E-state index in [4.69, 9.17) is 0 Å². The Hall–Kier alpha value is -0.970. The molecular weight excluding hydrogens is 705 g/mol. The van der Waals surface area contributed by atoms with Gasteiger partial charge in [0.1, 0.15) is 0 Å². The standard InChI is InChI=1S/C47H80N2O7/c1-25(31-7-9-33-41-35(23-39(54)46(31,33)5)44(3)15-11-29(50)19-27(44)21-37(41)52)13-17-48-43(56)49-18-14-26(2)32-8-10-34-42-36(24-40(55)47(32,34)6)45(4)16-12-30(51)20-28(45)22-38(42)53/h25-42,50-55H,7-24H2,1-6H3,(H2,48,49,56)/t25-,26-,27+,28+,29-,30-,31-,32-,33+,34+,35+,36+,37-,38-,39+,40+,41+,42+,44+,45+,46-,47-/m1/s1. The van der Waals surface area contributed by atoms with E-state index in [0.717, 1.165) is 103 Å². The summed E-state index contributed by atoms with van der Waals surface area (Å²) in [6.07, 6.45) is 12.0. The number of rotatable bonds is 8. The molecule has 22 atom stereocenters. The fourth-order valence-electron chi connectivity index (χ4n) is 17.6. The van der Waals surface area contributed by atoms with Gasteiger partial charge >= 0.3 is 6.03 Å². The van der Waals surface area contributed by atoms with E-state index in [0.29, 0.717) is 72.3 Å². The Bertz CT molecular complexity index is 1330. The van der Waals surface area contributed by atoms with Gasteiger partial charge in [-0.2, -0.15) is 0 Å². The first kappa shape index (κ1) is 41.8. The largest absolute Gasteiger partial charge is 0.393 e. The second-order valence-electron chi connectivity index (χ2n) is 22.8. The van der Waals surface area contributed by atoms with Crippen molar-refractivity contribution in [1.29, 1.82) is 0 Å². The van der Waals surface area contributed by atoms with Crippen molar-refractivity contribution >= 4 is 6.03 Å². The number of nitrogens with one attached hydrogen (secondary N) is 2. The molecule has 0 radical (unpaired) electrons. The third-order valence-corrected chi connectivity index (χ3v) is 20.8. The molecule has 9 heteroatoms. The molecule has 0 saturated heterocycles. The highest BCUT2D eigenvalue weighted by Crippen LogP contribution is 2.70. The van der Waals surface area contributed by atoms with Crippen LogP contribution in [-0.2, 0) is 0 Å². The van der Waals surface area contributed by atoms with Gasteiger partial charge in [-0.15, -0.1) is 0 Å². The topological polar surface area (TPSA) is 163 Å². The van der Waals surface area contributed by atoms with Gasteiger partial charge in [0.15, 0.2) is 0 Å². The summed E-state index contributed by atoms with van der Waals surface area (Å²) in [6, 6.07) is -0.132. The van der Waals surface area contributed by atoms with Crippen LogP contribution in [0.3, 0.4) is 0 Å². The molecule has 8 N–H and O–H groups in total. The van der Waals surface area contributed by atoms with E-state index in [1.54, 1.807) is 0 Å². The van der Waals surface area contributed by atoms with Gasteiger partial charge in [-0.3, -0.25) is 0 Å². The highest BCUT2D eigenvalue weighted by molar-refractivity contribution is 5.73. The molecule has 9 nitrogen and oxygen atoms in total. The molecule has 0 bridgehead atoms. The third kappa shape index (κ3) is 6.46. The summed E-state index contributed by atoms with van der Waals surface area (Å²) in [4.78, 5) is 13.1. The first-order chi connectivity index (χ1) is 26.4. The maximum Gasteiger partial charge on any atom is 0.314 e. The first-order valence-electron chi connectivity index (χ1n) is 23.5. The van der Waals surface area contributed by atoms with Crippen LogP contribution in [-0.4, -0.2) is 86.4 Å². The van der Waals surface area contributed by atoms with E-state index in [9.17, 15) is 35.4 Å². The SMILES string of the molecule is C[C@H](CCNC(=O)NCC[C@@H](C)[C@H]1CC[C@H]2[C@@H]3[C@H](O)C[C@@H]4C[C@H](O)CC[C@]4(C)[C@H]3C[C@H](O)[C@]12C)[C@H]1CC[C@H]2[C@@H]3[C@H](O)C[C@@H]4C[C@H](O)CC[C@]4(C)[C@H]3C[C@H](O)[C@]12C. The molecule has 2 amide bonds. The highest BCUT2D eigenvalue weighted by atomic mass is 16.3. The lowest BCUT2D eigenvalue weighted by molar-refractivity contribution is -0.207. The predicted molar refractivity (Wildman–Crippen MR) is 217 cm³/mol. The van der Waals surface area contributed by atoms with Crippen molar-refractivity contribution in [3.63, 3.8) is 0 Å². The summed E-state index contributed by atoms with van der Waals surface area (Å²) in [7, 11) is 0. The number of aliphatic hydroxyl groups is 6. The Morgan fingerprint density at radius 1 is 0.554 bits per heavy atom. The monoisotopic (exact) mass is 785 g/mol. The van der Waals surface area contributed by atoms with Gasteiger partial charge in [0.25, 0.3) is 0 Å². The average molecular weight is 785 g/mol. The molecule has 8 aliphatic rings. The predicted octanol–water partition coefficient (Wildman–Crippen LogP) is 6.26. The zero-order valence-electron chi connectivity index (χ0n) is 35.7. The second kappa shape index (κ2) is 15.2. The number of urea groups is 1. The molecule has 0 aliphatic heterocycles. The van der Waals surface area contributed by atoms with Gasteiger partial charge in [0.05, 0.1) is 36.6 Å². The number of hydrogen-bond acceptors (Lipinski definition) is 7. The molecule has 0 aromatic rings. The highest BCUT2D eigenvalue weighted by Gasteiger charge is 2.67. The molecule has 0 aromatic heterocycles. The quantitative estimate of drug-likeness (QED) is 0.144. The molecule has 8 fully saturated rings. The maximum absolute atomic E-state index is 13.1. The molecular formula is C47H80N2O7. The second-order valence-corrected chi connectivity index (χ2v) is 22.8. The van der Waals surface area contributed by atoms with Crippen LogP contribution in [0.1, 0.15) is 144 Å². The Kier molecular flexibility index (Phi) is 11.3. The number of amides is 2. The number of fused-ring (bicyclic) bond motifs is 10. The Morgan fingerprint density at radius 3 is 1.34 bits per heavy atom. The maximum atomic E-state index is 13.1. The third-order valence-electron chi connectivity index (χ3n) is 20.8. The molecule has 0 heterocycles. The van der Waals surface area contributed by atoms with E-state index >= 15 is 0 Å². The van der Waals surface area contributed by atoms with Crippen molar-refractivity contribution in [3.05, 3.63) is 0 Å². The first-order valence-corrected chi connectivity index (χ1v) is 23.5. The summed E-state index contributed by atoms with van der Waals surface area (Å²) in [5.41, 5.74) is -0.333. The van der Waals surface area contributed by atoms with Gasteiger partial charge in [-0.05, 0) is 195 Å². The van der Waals surface area contributed by atoms with E-state index in [-0.39, 0.29) is 63.9 Å². The van der Waals surface area contributed by atoms with Crippen LogP contribution < -0.4 is 10.6 Å². The van der Waals surface area contributed by atoms with Crippen molar-refractivity contribution in [3.8, 4) is 0 Å². The van der Waals surface area contributed by atoms with E-state index in [1.165, 1.54) is 0 Å². The van der Waals surface area contributed by atoms with Crippen LogP contribution in [0.4, 0.5) is 4.79 Å². The Balaban J connectivity index is 0.814. The van der Waals surface area contributed by atoms with Crippen molar-refractivity contribution in [2.75, 3.05) is 13.1 Å². The summed E-state index contributed by atoms with van der Waals surface area (Å²) >= 11 is 0. The molecule has 8 saturated carbocycles. The average Bonchev–Trinajstić information content (AvgIpc) is 3.69.